The van der Waals surface area contributed by atoms with Crippen LogP contribution in [0.1, 0.15) is 55.3 Å². The number of rotatable bonds is 9. The zero-order chi connectivity index (χ0) is 35.4. The van der Waals surface area contributed by atoms with Crippen LogP contribution in [0.25, 0.3) is 11.5 Å². The molecule has 0 spiro atoms. The van der Waals surface area contributed by atoms with Crippen molar-refractivity contribution in [3.05, 3.63) is 71.6 Å². The van der Waals surface area contributed by atoms with Crippen LogP contribution in [-0.4, -0.2) is 91.5 Å². The van der Waals surface area contributed by atoms with Gasteiger partial charge in [-0.25, -0.2) is 18.2 Å². The van der Waals surface area contributed by atoms with E-state index in [1.165, 1.54) is 16.6 Å². The number of benzene rings is 2. The molecule has 2 saturated heterocycles. The monoisotopic (exact) mass is 725 g/mol. The van der Waals surface area contributed by atoms with Gasteiger partial charge in [0.1, 0.15) is 18.1 Å². The molecule has 3 N–H and O–H groups in total. The van der Waals surface area contributed by atoms with E-state index >= 15 is 0 Å². The van der Waals surface area contributed by atoms with Crippen LogP contribution in [-0.2, 0) is 48.6 Å². The van der Waals surface area contributed by atoms with E-state index in [1.54, 1.807) is 12.1 Å². The second kappa shape index (κ2) is 16.1. The van der Waals surface area contributed by atoms with E-state index in [4.69, 9.17) is 23.4 Å². The maximum atomic E-state index is 14.5. The molecule has 1 amide bonds. The first-order valence-electron chi connectivity index (χ1n) is 18.0. The number of hydrogen-bond donors (Lipinski definition) is 3. The van der Waals surface area contributed by atoms with Crippen molar-refractivity contribution in [2.45, 2.75) is 87.6 Å². The fraction of sp³-hybridized carbons (Fsp3) is 0.568. The van der Waals surface area contributed by atoms with Crippen molar-refractivity contribution in [2.24, 2.45) is 17.8 Å². The number of aliphatic hydroxyl groups excluding tert-OH is 2. The van der Waals surface area contributed by atoms with Gasteiger partial charge in [-0.3, -0.25) is 0 Å². The van der Waals surface area contributed by atoms with E-state index in [0.29, 0.717) is 43.1 Å². The SMILES string of the molecule is O=C(N[C@@H](Cc1ccccc1)[C@H](O)CN1CCCCCCCOCc2cc(-c3nc(CO)co3)ccc2S1(=O)=O)O[C@H]1C2CO[C@H]3OC[C@@H]1C3C2. The predicted octanol–water partition coefficient (Wildman–Crippen LogP) is 4.01. The van der Waals surface area contributed by atoms with E-state index < -0.39 is 28.3 Å². The highest BCUT2D eigenvalue weighted by Gasteiger charge is 2.56. The average molecular weight is 726 g/mol. The van der Waals surface area contributed by atoms with Crippen LogP contribution in [0.4, 0.5) is 4.79 Å². The molecular weight excluding hydrogens is 678 g/mol. The molecule has 2 unspecified atom stereocenters. The van der Waals surface area contributed by atoms with Gasteiger partial charge in [0.2, 0.25) is 15.9 Å². The number of nitrogens with zero attached hydrogens (tertiary/aromatic N) is 2. The van der Waals surface area contributed by atoms with Gasteiger partial charge < -0.3 is 38.9 Å². The highest BCUT2D eigenvalue weighted by Crippen LogP contribution is 2.49. The molecule has 7 atom stereocenters. The first-order valence-corrected chi connectivity index (χ1v) is 19.4. The zero-order valence-electron chi connectivity index (χ0n) is 28.6. The second-order valence-corrected chi connectivity index (χ2v) is 16.0. The standard InChI is InChI=1S/C37H47N3O10S/c41-19-28-22-47-35(38-28)25-11-12-33-26(16-25)20-46-14-8-3-1-2-7-13-40(51(33,44)45)18-32(42)31(15-24-9-5-4-6-10-24)39-37(43)50-34-27-17-29-30(34)23-49-36(29)48-21-27/h4-6,9-12,16,22,27,29-32,34,36,41-42H,1-3,7-8,13-15,17-21,23H2,(H,39,43)/t27?,29?,30-,31+,32-,34+,36+/m1/s1. The third kappa shape index (κ3) is 8.17. The molecule has 51 heavy (non-hydrogen) atoms. The molecule has 276 valence electrons. The molecule has 0 radical (unpaired) electrons. The van der Waals surface area contributed by atoms with E-state index in [-0.39, 0.29) is 73.7 Å². The van der Waals surface area contributed by atoms with E-state index in [1.807, 2.05) is 30.3 Å². The van der Waals surface area contributed by atoms with Crippen molar-refractivity contribution in [2.75, 3.05) is 32.9 Å². The van der Waals surface area contributed by atoms with E-state index in [2.05, 4.69) is 10.3 Å². The molecule has 4 heterocycles. The van der Waals surface area contributed by atoms with Crippen molar-refractivity contribution in [1.82, 2.24) is 14.6 Å². The third-order valence-electron chi connectivity index (χ3n) is 10.6. The number of carbonyl (C=O) groups excluding carboxylic acids is 1. The van der Waals surface area contributed by atoms with Crippen LogP contribution in [0.15, 0.2) is 64.1 Å². The lowest BCUT2D eigenvalue weighted by molar-refractivity contribution is -0.169. The number of amides is 1. The van der Waals surface area contributed by atoms with Crippen molar-refractivity contribution in [3.8, 4) is 11.5 Å². The normalized spacial score (nSPS) is 27.7. The van der Waals surface area contributed by atoms with Crippen LogP contribution < -0.4 is 5.32 Å². The fourth-order valence-electron chi connectivity index (χ4n) is 7.89. The maximum Gasteiger partial charge on any atom is 0.407 e. The lowest BCUT2D eigenvalue weighted by Crippen LogP contribution is -2.51. The summed E-state index contributed by atoms with van der Waals surface area (Å²) in [6.45, 7) is 1.15. The summed E-state index contributed by atoms with van der Waals surface area (Å²) < 4.78 is 59.5. The highest BCUT2D eigenvalue weighted by molar-refractivity contribution is 7.89. The molecule has 7 rings (SSSR count). The number of aromatic nitrogens is 1. The molecule has 4 aliphatic rings. The second-order valence-electron chi connectivity index (χ2n) is 14.0. The van der Waals surface area contributed by atoms with Crippen molar-refractivity contribution in [1.29, 1.82) is 0 Å². The summed E-state index contributed by atoms with van der Waals surface area (Å²) in [6, 6.07) is 13.4. The lowest BCUT2D eigenvalue weighted by atomic mass is 9.98. The molecular formula is C37H47N3O10S. The summed E-state index contributed by atoms with van der Waals surface area (Å²) in [4.78, 5) is 17.9. The molecule has 1 aliphatic carbocycles. The van der Waals surface area contributed by atoms with Crippen molar-refractivity contribution < 1.29 is 46.8 Å². The Morgan fingerprint density at radius 3 is 2.67 bits per heavy atom. The van der Waals surface area contributed by atoms with Crippen LogP contribution in [0.2, 0.25) is 0 Å². The molecule has 3 aliphatic heterocycles. The van der Waals surface area contributed by atoms with Gasteiger partial charge in [-0.15, -0.1) is 0 Å². The number of hydrogen-bond acceptors (Lipinski definition) is 11. The van der Waals surface area contributed by atoms with Crippen LogP contribution in [0.5, 0.6) is 0 Å². The van der Waals surface area contributed by atoms with E-state index in [9.17, 15) is 23.4 Å². The molecule has 1 saturated carbocycles. The largest absolute Gasteiger partial charge is 0.445 e. The Hall–Kier alpha value is -3.37. The number of fused-ring (bicyclic) bond motifs is 2. The Kier molecular flexibility index (Phi) is 11.4. The third-order valence-corrected chi connectivity index (χ3v) is 12.5. The van der Waals surface area contributed by atoms with E-state index in [0.717, 1.165) is 37.7 Å². The first kappa shape index (κ1) is 36.0. The van der Waals surface area contributed by atoms with Crippen molar-refractivity contribution in [3.63, 3.8) is 0 Å². The van der Waals surface area contributed by atoms with Gasteiger partial charge in [0, 0.05) is 43.0 Å². The zero-order valence-corrected chi connectivity index (χ0v) is 29.4. The maximum absolute atomic E-state index is 14.5. The quantitative estimate of drug-likeness (QED) is 0.291. The highest BCUT2D eigenvalue weighted by atomic mass is 32.2. The van der Waals surface area contributed by atoms with Crippen LogP contribution in [0.3, 0.4) is 0 Å². The molecule has 2 aromatic carbocycles. The van der Waals surface area contributed by atoms with Gasteiger partial charge in [0.05, 0.1) is 43.5 Å². The number of alkyl carbamates (subject to hydrolysis) is 1. The Labute approximate surface area is 298 Å². The number of nitrogens with one attached hydrogen (secondary N) is 1. The summed E-state index contributed by atoms with van der Waals surface area (Å²) >= 11 is 0. The topological polar surface area (TPSA) is 170 Å². The minimum Gasteiger partial charge on any atom is -0.445 e. The smallest absolute Gasteiger partial charge is 0.407 e. The molecule has 13 nitrogen and oxygen atoms in total. The van der Waals surface area contributed by atoms with Gasteiger partial charge in [-0.2, -0.15) is 4.31 Å². The molecule has 1 aromatic heterocycles. The fourth-order valence-corrected chi connectivity index (χ4v) is 9.57. The van der Waals surface area contributed by atoms with Crippen LogP contribution in [0, 0.1) is 17.8 Å². The van der Waals surface area contributed by atoms with Gasteiger partial charge in [-0.1, -0.05) is 49.6 Å². The van der Waals surface area contributed by atoms with Crippen LogP contribution >= 0.6 is 0 Å². The molecule has 2 bridgehead atoms. The minimum absolute atomic E-state index is 0.0528. The Morgan fingerprint density at radius 1 is 1.04 bits per heavy atom. The van der Waals surface area contributed by atoms with Crippen molar-refractivity contribution >= 4 is 16.1 Å². The Balaban J connectivity index is 1.13. The lowest BCUT2D eigenvalue weighted by Gasteiger charge is -2.31. The average Bonchev–Trinajstić information content (AvgIpc) is 3.85. The number of β-amino-alcohol motifs (C(OH)–C–C–N with tert-alkyl or cyclic N) is 1. The number of ether oxygens (including phenoxy) is 4. The summed E-state index contributed by atoms with van der Waals surface area (Å²) in [5, 5.41) is 24.2. The Morgan fingerprint density at radius 2 is 1.84 bits per heavy atom. The minimum atomic E-state index is -4.15. The van der Waals surface area contributed by atoms with Gasteiger partial charge in [0.15, 0.2) is 6.29 Å². The summed E-state index contributed by atoms with van der Waals surface area (Å²) in [5.74, 6) is 0.607. The summed E-state index contributed by atoms with van der Waals surface area (Å²) in [7, 11) is -4.15. The summed E-state index contributed by atoms with van der Waals surface area (Å²) in [6.07, 6.45) is 4.15. The molecule has 14 heteroatoms. The summed E-state index contributed by atoms with van der Waals surface area (Å²) in [5.41, 5.74) is 2.21. The van der Waals surface area contributed by atoms with Gasteiger partial charge in [-0.05, 0) is 55.0 Å². The number of sulfonamides is 1. The number of carbonyl (C=O) groups is 1. The Bertz CT molecular complexity index is 1740. The number of oxazole rings is 1. The number of aliphatic hydroxyl groups is 2. The van der Waals surface area contributed by atoms with Gasteiger partial charge in [0.25, 0.3) is 0 Å². The van der Waals surface area contributed by atoms with Gasteiger partial charge >= 0.3 is 6.09 Å². The molecule has 3 aromatic rings. The molecule has 3 fully saturated rings. The predicted molar refractivity (Wildman–Crippen MR) is 183 cm³/mol. The first-order chi connectivity index (χ1) is 24.8.